The zero-order valence-electron chi connectivity index (χ0n) is 21.6. The van der Waals surface area contributed by atoms with Gasteiger partial charge in [0.25, 0.3) is 0 Å². The Labute approximate surface area is 224 Å². The molecule has 0 radical (unpaired) electrons. The first kappa shape index (κ1) is 23.6. The lowest BCUT2D eigenvalue weighted by molar-refractivity contribution is 1.18. The number of hydrogen-bond donors (Lipinski definition) is 0. The Morgan fingerprint density at radius 1 is 0.342 bits per heavy atom. The molecule has 6 rings (SSSR count). The zero-order valence-corrected chi connectivity index (χ0v) is 21.6. The molecule has 0 fully saturated rings. The third kappa shape index (κ3) is 5.02. The molecule has 0 unspecified atom stereocenters. The van der Waals surface area contributed by atoms with Gasteiger partial charge in [0.2, 0.25) is 0 Å². The van der Waals surface area contributed by atoms with Crippen molar-refractivity contribution in [3.63, 3.8) is 0 Å². The first-order valence-corrected chi connectivity index (χ1v) is 12.9. The van der Waals surface area contributed by atoms with Crippen LogP contribution in [0.1, 0.15) is 11.1 Å². The fourth-order valence-electron chi connectivity index (χ4n) is 4.67. The molecule has 2 heteroatoms. The van der Waals surface area contributed by atoms with Crippen molar-refractivity contribution in [1.82, 2.24) is 9.97 Å². The molecule has 182 valence electrons. The molecule has 1 aromatic heterocycles. The molecule has 0 spiro atoms. The summed E-state index contributed by atoms with van der Waals surface area (Å²) in [5.41, 5.74) is 12.1. The van der Waals surface area contributed by atoms with E-state index >= 15 is 0 Å². The SMILES string of the molecule is Cc1ccc(-c2cc(-c3ccc(C)cc3)cc(-c3nc(-c4ccccc4)cc(-c4ccccc4)n3)c2)cc1. The lowest BCUT2D eigenvalue weighted by atomic mass is 9.95. The first-order valence-electron chi connectivity index (χ1n) is 12.9. The first-order chi connectivity index (χ1) is 18.6. The summed E-state index contributed by atoms with van der Waals surface area (Å²) in [6, 6.07) is 46.8. The van der Waals surface area contributed by atoms with E-state index in [4.69, 9.17) is 9.97 Å². The summed E-state index contributed by atoms with van der Waals surface area (Å²) < 4.78 is 0. The van der Waals surface area contributed by atoms with E-state index in [0.717, 1.165) is 39.2 Å². The van der Waals surface area contributed by atoms with E-state index in [1.807, 2.05) is 36.4 Å². The van der Waals surface area contributed by atoms with Crippen LogP contribution in [-0.4, -0.2) is 9.97 Å². The molecular formula is C36H28N2. The molecule has 0 aliphatic rings. The molecule has 0 amide bonds. The van der Waals surface area contributed by atoms with Gasteiger partial charge >= 0.3 is 0 Å². The Kier molecular flexibility index (Phi) is 6.37. The average molecular weight is 489 g/mol. The highest BCUT2D eigenvalue weighted by Crippen LogP contribution is 2.34. The van der Waals surface area contributed by atoms with Gasteiger partial charge in [0, 0.05) is 16.7 Å². The molecular weight excluding hydrogens is 460 g/mol. The molecule has 2 nitrogen and oxygen atoms in total. The summed E-state index contributed by atoms with van der Waals surface area (Å²) in [5, 5.41) is 0. The van der Waals surface area contributed by atoms with Crippen molar-refractivity contribution in [2.24, 2.45) is 0 Å². The topological polar surface area (TPSA) is 25.8 Å². The van der Waals surface area contributed by atoms with Crippen LogP contribution in [0.3, 0.4) is 0 Å². The summed E-state index contributed by atoms with van der Waals surface area (Å²) in [6.45, 7) is 4.23. The molecule has 0 saturated heterocycles. The summed E-state index contributed by atoms with van der Waals surface area (Å²) in [5.74, 6) is 0.715. The predicted octanol–water partition coefficient (Wildman–Crippen LogP) is 9.43. The van der Waals surface area contributed by atoms with Gasteiger partial charge in [-0.3, -0.25) is 0 Å². The maximum atomic E-state index is 5.09. The van der Waals surface area contributed by atoms with Gasteiger partial charge in [0.15, 0.2) is 5.82 Å². The number of hydrogen-bond acceptors (Lipinski definition) is 2. The van der Waals surface area contributed by atoms with Crippen molar-refractivity contribution in [2.45, 2.75) is 13.8 Å². The van der Waals surface area contributed by atoms with Crippen molar-refractivity contribution in [3.05, 3.63) is 145 Å². The Balaban J connectivity index is 1.57. The van der Waals surface area contributed by atoms with Gasteiger partial charge in [-0.05, 0) is 60.4 Å². The highest BCUT2D eigenvalue weighted by atomic mass is 14.9. The molecule has 0 aliphatic heterocycles. The molecule has 0 N–H and O–H groups in total. The van der Waals surface area contributed by atoms with Crippen molar-refractivity contribution >= 4 is 0 Å². The van der Waals surface area contributed by atoms with Gasteiger partial charge in [0.05, 0.1) is 11.4 Å². The highest BCUT2D eigenvalue weighted by Gasteiger charge is 2.13. The lowest BCUT2D eigenvalue weighted by Crippen LogP contribution is -1.97. The summed E-state index contributed by atoms with van der Waals surface area (Å²) in [4.78, 5) is 10.2. The fraction of sp³-hybridized carbons (Fsp3) is 0.0556. The fourth-order valence-corrected chi connectivity index (χ4v) is 4.67. The standard InChI is InChI=1S/C36H28N2/c1-25-13-17-27(18-14-25)31-21-32(28-19-15-26(2)16-20-28)23-33(22-31)36-37-34(29-9-5-3-6-10-29)24-35(38-36)30-11-7-4-8-12-30/h3-24H,1-2H3. The maximum Gasteiger partial charge on any atom is 0.160 e. The average Bonchev–Trinajstić information content (AvgIpc) is 2.98. The second-order valence-corrected chi connectivity index (χ2v) is 9.73. The smallest absolute Gasteiger partial charge is 0.160 e. The number of rotatable bonds is 5. The van der Waals surface area contributed by atoms with E-state index in [2.05, 4.69) is 111 Å². The molecule has 0 aliphatic carbocycles. The van der Waals surface area contributed by atoms with Crippen LogP contribution in [0.4, 0.5) is 0 Å². The third-order valence-corrected chi connectivity index (χ3v) is 6.83. The minimum Gasteiger partial charge on any atom is -0.228 e. The second kappa shape index (κ2) is 10.3. The van der Waals surface area contributed by atoms with E-state index in [9.17, 15) is 0 Å². The number of nitrogens with zero attached hydrogens (tertiary/aromatic N) is 2. The van der Waals surface area contributed by atoms with E-state index in [-0.39, 0.29) is 0 Å². The molecule has 6 aromatic rings. The van der Waals surface area contributed by atoms with E-state index < -0.39 is 0 Å². The number of aromatic nitrogens is 2. The van der Waals surface area contributed by atoms with Gasteiger partial charge in [-0.2, -0.15) is 0 Å². The van der Waals surface area contributed by atoms with Crippen molar-refractivity contribution < 1.29 is 0 Å². The summed E-state index contributed by atoms with van der Waals surface area (Å²) in [7, 11) is 0. The minimum atomic E-state index is 0.715. The molecule has 0 saturated carbocycles. The highest BCUT2D eigenvalue weighted by molar-refractivity contribution is 5.81. The molecule has 5 aromatic carbocycles. The van der Waals surface area contributed by atoms with E-state index in [0.29, 0.717) is 5.82 Å². The zero-order chi connectivity index (χ0) is 25.9. The predicted molar refractivity (Wildman–Crippen MR) is 159 cm³/mol. The Morgan fingerprint density at radius 2 is 0.737 bits per heavy atom. The van der Waals surface area contributed by atoms with Gasteiger partial charge in [-0.25, -0.2) is 9.97 Å². The van der Waals surface area contributed by atoms with Gasteiger partial charge in [-0.15, -0.1) is 0 Å². The Hall–Kier alpha value is -4.82. The van der Waals surface area contributed by atoms with E-state index in [1.54, 1.807) is 0 Å². The molecule has 38 heavy (non-hydrogen) atoms. The number of benzene rings is 5. The van der Waals surface area contributed by atoms with Crippen LogP contribution in [0, 0.1) is 13.8 Å². The van der Waals surface area contributed by atoms with E-state index in [1.165, 1.54) is 22.3 Å². The molecule has 0 bridgehead atoms. The summed E-state index contributed by atoms with van der Waals surface area (Å²) >= 11 is 0. The number of aryl methyl sites for hydroxylation is 2. The van der Waals surface area contributed by atoms with Crippen molar-refractivity contribution in [1.29, 1.82) is 0 Å². The molecule has 0 atom stereocenters. The minimum absolute atomic E-state index is 0.715. The van der Waals surface area contributed by atoms with Crippen LogP contribution in [-0.2, 0) is 0 Å². The quantitative estimate of drug-likeness (QED) is 0.241. The van der Waals surface area contributed by atoms with Gasteiger partial charge in [0.1, 0.15) is 0 Å². The van der Waals surface area contributed by atoms with Gasteiger partial charge in [-0.1, -0.05) is 120 Å². The molecule has 1 heterocycles. The monoisotopic (exact) mass is 488 g/mol. The van der Waals surface area contributed by atoms with Crippen LogP contribution in [0.25, 0.3) is 56.2 Å². The maximum absolute atomic E-state index is 5.09. The van der Waals surface area contributed by atoms with Crippen LogP contribution < -0.4 is 0 Å². The van der Waals surface area contributed by atoms with Crippen LogP contribution in [0.2, 0.25) is 0 Å². The van der Waals surface area contributed by atoms with Crippen LogP contribution in [0.5, 0.6) is 0 Å². The van der Waals surface area contributed by atoms with Crippen molar-refractivity contribution in [3.8, 4) is 56.2 Å². The Bertz CT molecular complexity index is 1560. The van der Waals surface area contributed by atoms with Crippen molar-refractivity contribution in [2.75, 3.05) is 0 Å². The van der Waals surface area contributed by atoms with Gasteiger partial charge < -0.3 is 0 Å². The largest absolute Gasteiger partial charge is 0.228 e. The summed E-state index contributed by atoms with van der Waals surface area (Å²) in [6.07, 6.45) is 0. The second-order valence-electron chi connectivity index (χ2n) is 9.73. The lowest BCUT2D eigenvalue weighted by Gasteiger charge is -2.13. The van der Waals surface area contributed by atoms with Crippen LogP contribution >= 0.6 is 0 Å². The Morgan fingerprint density at radius 3 is 1.16 bits per heavy atom. The van der Waals surface area contributed by atoms with Crippen LogP contribution in [0.15, 0.2) is 133 Å². The normalized spacial score (nSPS) is 10.9. The third-order valence-electron chi connectivity index (χ3n) is 6.83.